The predicted octanol–water partition coefficient (Wildman–Crippen LogP) is 0.439. The van der Waals surface area contributed by atoms with Crippen molar-refractivity contribution in [2.24, 2.45) is 5.92 Å². The van der Waals surface area contributed by atoms with E-state index in [2.05, 4.69) is 24.1 Å². The zero-order valence-corrected chi connectivity index (χ0v) is 9.24. The third-order valence-corrected chi connectivity index (χ3v) is 3.80. The van der Waals surface area contributed by atoms with E-state index in [-0.39, 0.29) is 6.10 Å². The van der Waals surface area contributed by atoms with Crippen molar-refractivity contribution >= 4 is 0 Å². The maximum absolute atomic E-state index is 9.50. The number of likely N-dealkylation sites (N-methyl/N-ethyl adjacent to an activating group) is 1. The fourth-order valence-electron chi connectivity index (χ4n) is 2.49. The van der Waals surface area contributed by atoms with E-state index in [1.165, 1.54) is 6.54 Å². The van der Waals surface area contributed by atoms with Crippen LogP contribution in [0.1, 0.15) is 26.7 Å². The van der Waals surface area contributed by atoms with Crippen LogP contribution in [0, 0.1) is 5.92 Å². The SMILES string of the molecule is CCN1CC(C)C(N[C@@H]2CC[C@H]2O)C1. The van der Waals surface area contributed by atoms with Crippen molar-refractivity contribution in [2.75, 3.05) is 19.6 Å². The van der Waals surface area contributed by atoms with Crippen molar-refractivity contribution in [2.45, 2.75) is 44.9 Å². The van der Waals surface area contributed by atoms with Gasteiger partial charge >= 0.3 is 0 Å². The molecular formula is C11H22N2O. The third-order valence-electron chi connectivity index (χ3n) is 3.80. The van der Waals surface area contributed by atoms with Gasteiger partial charge in [0.2, 0.25) is 0 Å². The van der Waals surface area contributed by atoms with Gasteiger partial charge in [-0.05, 0) is 25.3 Å². The Morgan fingerprint density at radius 2 is 2.07 bits per heavy atom. The smallest absolute Gasteiger partial charge is 0.0693 e. The van der Waals surface area contributed by atoms with E-state index >= 15 is 0 Å². The van der Waals surface area contributed by atoms with Gasteiger partial charge in [-0.15, -0.1) is 0 Å². The first-order valence-electron chi connectivity index (χ1n) is 5.87. The molecule has 3 nitrogen and oxygen atoms in total. The molecule has 2 rings (SSSR count). The molecule has 14 heavy (non-hydrogen) atoms. The van der Waals surface area contributed by atoms with E-state index in [0.717, 1.165) is 31.8 Å². The maximum atomic E-state index is 9.50. The Morgan fingerprint density at radius 3 is 2.50 bits per heavy atom. The van der Waals surface area contributed by atoms with Crippen molar-refractivity contribution in [3.8, 4) is 0 Å². The zero-order valence-electron chi connectivity index (χ0n) is 9.24. The van der Waals surface area contributed by atoms with Crippen molar-refractivity contribution in [1.82, 2.24) is 10.2 Å². The summed E-state index contributed by atoms with van der Waals surface area (Å²) in [5.41, 5.74) is 0. The summed E-state index contributed by atoms with van der Waals surface area (Å²) < 4.78 is 0. The number of hydrogen-bond acceptors (Lipinski definition) is 3. The van der Waals surface area contributed by atoms with Crippen LogP contribution in [0.25, 0.3) is 0 Å². The zero-order chi connectivity index (χ0) is 10.1. The molecule has 1 saturated heterocycles. The van der Waals surface area contributed by atoms with Crippen molar-refractivity contribution in [1.29, 1.82) is 0 Å². The molecule has 2 aliphatic rings. The molecule has 0 amide bonds. The highest BCUT2D eigenvalue weighted by Crippen LogP contribution is 2.23. The van der Waals surface area contributed by atoms with Crippen LogP contribution in [0.15, 0.2) is 0 Å². The third kappa shape index (κ3) is 1.95. The van der Waals surface area contributed by atoms with Gasteiger partial charge in [0.05, 0.1) is 6.10 Å². The van der Waals surface area contributed by atoms with E-state index in [1.54, 1.807) is 0 Å². The molecule has 3 heteroatoms. The molecule has 0 radical (unpaired) electrons. The predicted molar refractivity (Wildman–Crippen MR) is 57.2 cm³/mol. The number of nitrogens with zero attached hydrogens (tertiary/aromatic N) is 1. The molecule has 2 fully saturated rings. The molecule has 4 atom stereocenters. The summed E-state index contributed by atoms with van der Waals surface area (Å²) in [4.78, 5) is 2.48. The number of hydrogen-bond donors (Lipinski definition) is 2. The van der Waals surface area contributed by atoms with Crippen molar-refractivity contribution < 1.29 is 5.11 Å². The van der Waals surface area contributed by atoms with Gasteiger partial charge in [-0.1, -0.05) is 13.8 Å². The Balaban J connectivity index is 1.80. The highest BCUT2D eigenvalue weighted by molar-refractivity contribution is 4.94. The van der Waals surface area contributed by atoms with E-state index in [9.17, 15) is 5.11 Å². The van der Waals surface area contributed by atoms with Crippen LogP contribution in [0.3, 0.4) is 0 Å². The Morgan fingerprint density at radius 1 is 1.29 bits per heavy atom. The van der Waals surface area contributed by atoms with Crippen LogP contribution < -0.4 is 5.32 Å². The molecule has 0 aromatic heterocycles. The second-order valence-corrected chi connectivity index (χ2v) is 4.85. The molecule has 2 unspecified atom stereocenters. The van der Waals surface area contributed by atoms with Crippen LogP contribution in [0.5, 0.6) is 0 Å². The lowest BCUT2D eigenvalue weighted by molar-refractivity contribution is 0.0423. The Kier molecular flexibility index (Phi) is 3.10. The van der Waals surface area contributed by atoms with Gasteiger partial charge in [-0.2, -0.15) is 0 Å². The summed E-state index contributed by atoms with van der Waals surface area (Å²) in [5, 5.41) is 13.1. The molecule has 0 aromatic rings. The molecule has 1 heterocycles. The second-order valence-electron chi connectivity index (χ2n) is 4.85. The summed E-state index contributed by atoms with van der Waals surface area (Å²) in [6, 6.07) is 0.967. The largest absolute Gasteiger partial charge is 0.392 e. The normalized spacial score (nSPS) is 43.9. The van der Waals surface area contributed by atoms with E-state index in [4.69, 9.17) is 0 Å². The lowest BCUT2D eigenvalue weighted by Gasteiger charge is -2.36. The molecule has 1 aliphatic carbocycles. The minimum Gasteiger partial charge on any atom is -0.392 e. The lowest BCUT2D eigenvalue weighted by atomic mass is 9.88. The summed E-state index contributed by atoms with van der Waals surface area (Å²) in [7, 11) is 0. The van der Waals surface area contributed by atoms with Gasteiger partial charge in [0.25, 0.3) is 0 Å². The average Bonchev–Trinajstić information content (AvgIpc) is 2.53. The number of aliphatic hydroxyl groups is 1. The minimum atomic E-state index is -0.0853. The van der Waals surface area contributed by atoms with E-state index in [1.807, 2.05) is 0 Å². The number of likely N-dealkylation sites (tertiary alicyclic amines) is 1. The Hall–Kier alpha value is -0.120. The van der Waals surface area contributed by atoms with Gasteiger partial charge in [0, 0.05) is 25.2 Å². The van der Waals surface area contributed by atoms with Gasteiger partial charge in [0.1, 0.15) is 0 Å². The van der Waals surface area contributed by atoms with Crippen LogP contribution in [-0.2, 0) is 0 Å². The average molecular weight is 198 g/mol. The van der Waals surface area contributed by atoms with Gasteiger partial charge < -0.3 is 15.3 Å². The van der Waals surface area contributed by atoms with Crippen molar-refractivity contribution in [3.63, 3.8) is 0 Å². The van der Waals surface area contributed by atoms with Crippen LogP contribution >= 0.6 is 0 Å². The minimum absolute atomic E-state index is 0.0853. The fraction of sp³-hybridized carbons (Fsp3) is 1.00. The first-order chi connectivity index (χ1) is 6.70. The molecule has 0 spiro atoms. The Bertz CT molecular complexity index is 198. The van der Waals surface area contributed by atoms with Crippen molar-refractivity contribution in [3.05, 3.63) is 0 Å². The topological polar surface area (TPSA) is 35.5 Å². The number of aliphatic hydroxyl groups excluding tert-OH is 1. The molecule has 82 valence electrons. The van der Waals surface area contributed by atoms with Gasteiger partial charge in [-0.3, -0.25) is 0 Å². The van der Waals surface area contributed by atoms with E-state index in [0.29, 0.717) is 12.1 Å². The summed E-state index contributed by atoms with van der Waals surface area (Å²) in [6.07, 6.45) is 2.05. The maximum Gasteiger partial charge on any atom is 0.0693 e. The quantitative estimate of drug-likeness (QED) is 0.691. The molecule has 1 aliphatic heterocycles. The molecule has 2 N–H and O–H groups in total. The van der Waals surface area contributed by atoms with Gasteiger partial charge in [0.15, 0.2) is 0 Å². The highest BCUT2D eigenvalue weighted by atomic mass is 16.3. The lowest BCUT2D eigenvalue weighted by Crippen LogP contribution is -2.53. The van der Waals surface area contributed by atoms with Crippen LogP contribution in [0.4, 0.5) is 0 Å². The fourth-order valence-corrected chi connectivity index (χ4v) is 2.49. The van der Waals surface area contributed by atoms with Crippen LogP contribution in [0.2, 0.25) is 0 Å². The number of rotatable bonds is 3. The first-order valence-corrected chi connectivity index (χ1v) is 5.87. The summed E-state index contributed by atoms with van der Waals surface area (Å²) >= 11 is 0. The Labute approximate surface area is 86.5 Å². The van der Waals surface area contributed by atoms with Crippen LogP contribution in [-0.4, -0.2) is 47.8 Å². The van der Waals surface area contributed by atoms with E-state index < -0.39 is 0 Å². The second kappa shape index (κ2) is 4.17. The molecular weight excluding hydrogens is 176 g/mol. The molecule has 0 aromatic carbocycles. The monoisotopic (exact) mass is 198 g/mol. The molecule has 0 bridgehead atoms. The van der Waals surface area contributed by atoms with Gasteiger partial charge in [-0.25, -0.2) is 0 Å². The molecule has 1 saturated carbocycles. The highest BCUT2D eigenvalue weighted by Gasteiger charge is 2.35. The summed E-state index contributed by atoms with van der Waals surface area (Å²) in [5.74, 6) is 0.725. The summed E-state index contributed by atoms with van der Waals surface area (Å²) in [6.45, 7) is 8.03. The standard InChI is InChI=1S/C11H22N2O/c1-3-13-6-8(2)10(7-13)12-9-4-5-11(9)14/h8-12,14H,3-7H2,1-2H3/t8?,9-,10?,11-/m1/s1. The number of nitrogens with one attached hydrogen (secondary N) is 1. The first kappa shape index (κ1) is 10.4.